The topological polar surface area (TPSA) is 200 Å². The molecule has 0 saturated carbocycles. The summed E-state index contributed by atoms with van der Waals surface area (Å²) in [6.45, 7) is 9.85. The Morgan fingerprint density at radius 3 is 1.53 bits per heavy atom. The molecule has 0 aliphatic rings. The smallest absolute Gasteiger partial charge is 0.349 e. The van der Waals surface area contributed by atoms with Crippen molar-refractivity contribution in [3.8, 4) is 5.75 Å². The van der Waals surface area contributed by atoms with Crippen LogP contribution in [0.3, 0.4) is 0 Å². The number of β-amino-alcohol motifs (C(OH)–C–C–N with tert-alkyl or cyclic N) is 1. The van der Waals surface area contributed by atoms with E-state index in [1.165, 1.54) is 30.3 Å². The number of aliphatic carboxylic acids is 2. The number of carbonyl (C=O) groups is 4. The lowest BCUT2D eigenvalue weighted by Gasteiger charge is -2.23. The summed E-state index contributed by atoms with van der Waals surface area (Å²) in [5.41, 5.74) is 2.85. The molecule has 12 nitrogen and oxygen atoms in total. The van der Waals surface area contributed by atoms with Crippen molar-refractivity contribution in [1.82, 2.24) is 5.32 Å². The van der Waals surface area contributed by atoms with Crippen LogP contribution in [0.1, 0.15) is 69.8 Å². The van der Waals surface area contributed by atoms with E-state index < -0.39 is 42.2 Å². The number of rotatable bonds is 11. The molecule has 0 saturated heterocycles. The van der Waals surface area contributed by atoms with Crippen LogP contribution in [-0.4, -0.2) is 73.7 Å². The standard InChI is InChI=1S/C20H18O8.C13H21NO3/c1-11-3-7-13(8-4-11)19(25)27-15(17(21)22)16(18(23)24)28-20(26)14-9-5-12(2)6-10-14;1-13(2,3)14-7-12(17)9-4-5-11(16)10(6-9)8-15/h3-10,15-16H,1-2H3,(H,21,22)(H,23,24);4-6,12,14-17H,7-8H2,1-3H3/t15-,16-;12-/m00/s1. The van der Waals surface area contributed by atoms with E-state index in [0.29, 0.717) is 17.7 Å². The zero-order chi connectivity index (χ0) is 33.9. The van der Waals surface area contributed by atoms with Gasteiger partial charge in [-0.05, 0) is 76.6 Å². The van der Waals surface area contributed by atoms with Crippen LogP contribution in [0.5, 0.6) is 5.75 Å². The van der Waals surface area contributed by atoms with E-state index in [0.717, 1.165) is 11.1 Å². The van der Waals surface area contributed by atoms with E-state index in [1.807, 2.05) is 20.8 Å². The fourth-order valence-electron chi connectivity index (χ4n) is 3.69. The Morgan fingerprint density at radius 2 is 1.18 bits per heavy atom. The molecule has 3 aromatic carbocycles. The van der Waals surface area contributed by atoms with Crippen LogP contribution in [0, 0.1) is 13.8 Å². The Bertz CT molecular complexity index is 1390. The fourth-order valence-corrected chi connectivity index (χ4v) is 3.69. The Labute approximate surface area is 260 Å². The number of aliphatic hydroxyl groups excluding tert-OH is 2. The molecule has 0 aliphatic heterocycles. The number of aliphatic hydroxyl groups is 2. The zero-order valence-electron chi connectivity index (χ0n) is 25.7. The maximum Gasteiger partial charge on any atom is 0.349 e. The molecule has 0 bridgehead atoms. The van der Waals surface area contributed by atoms with Crippen molar-refractivity contribution in [2.45, 2.75) is 65.1 Å². The van der Waals surface area contributed by atoms with Gasteiger partial charge in [0.2, 0.25) is 12.2 Å². The van der Waals surface area contributed by atoms with Crippen molar-refractivity contribution >= 4 is 23.9 Å². The number of benzene rings is 3. The Kier molecular flexibility index (Phi) is 13.2. The summed E-state index contributed by atoms with van der Waals surface area (Å²) in [5, 5.41) is 50.3. The van der Waals surface area contributed by atoms with Gasteiger partial charge in [-0.2, -0.15) is 0 Å². The third-order valence-electron chi connectivity index (χ3n) is 6.29. The van der Waals surface area contributed by atoms with Crippen molar-refractivity contribution < 1.29 is 54.2 Å². The number of carbonyl (C=O) groups excluding carboxylic acids is 2. The maximum absolute atomic E-state index is 12.2. The van der Waals surface area contributed by atoms with E-state index in [4.69, 9.17) is 14.6 Å². The van der Waals surface area contributed by atoms with Crippen LogP contribution in [-0.2, 0) is 25.7 Å². The lowest BCUT2D eigenvalue weighted by Crippen LogP contribution is -2.45. The molecule has 45 heavy (non-hydrogen) atoms. The lowest BCUT2D eigenvalue weighted by atomic mass is 10.0. The Balaban J connectivity index is 0.000000355. The molecule has 3 atom stereocenters. The summed E-state index contributed by atoms with van der Waals surface area (Å²) < 4.78 is 9.64. The summed E-state index contributed by atoms with van der Waals surface area (Å²) in [4.78, 5) is 47.3. The average molecular weight is 626 g/mol. The molecule has 6 N–H and O–H groups in total. The number of hydrogen-bond donors (Lipinski definition) is 6. The predicted molar refractivity (Wildman–Crippen MR) is 163 cm³/mol. The number of carboxylic acid groups (broad SMARTS) is 2. The molecule has 0 aliphatic carbocycles. The summed E-state index contributed by atoms with van der Waals surface area (Å²) >= 11 is 0. The maximum atomic E-state index is 12.2. The number of hydrogen-bond acceptors (Lipinski definition) is 10. The Morgan fingerprint density at radius 1 is 0.756 bits per heavy atom. The molecule has 0 radical (unpaired) electrons. The first kappa shape index (κ1) is 36.4. The first-order valence-electron chi connectivity index (χ1n) is 13.9. The molecule has 0 spiro atoms. The third-order valence-corrected chi connectivity index (χ3v) is 6.29. The minimum absolute atomic E-state index is 0.0332. The summed E-state index contributed by atoms with van der Waals surface area (Å²) in [7, 11) is 0. The monoisotopic (exact) mass is 625 g/mol. The van der Waals surface area contributed by atoms with Gasteiger partial charge in [0.15, 0.2) is 0 Å². The van der Waals surface area contributed by atoms with Gasteiger partial charge in [0.05, 0.1) is 23.8 Å². The molecule has 242 valence electrons. The van der Waals surface area contributed by atoms with E-state index in [1.54, 1.807) is 50.2 Å². The highest BCUT2D eigenvalue weighted by molar-refractivity contribution is 5.95. The van der Waals surface area contributed by atoms with Gasteiger partial charge >= 0.3 is 23.9 Å². The van der Waals surface area contributed by atoms with Crippen LogP contribution in [0.4, 0.5) is 0 Å². The molecule has 0 heterocycles. The minimum atomic E-state index is -2.22. The highest BCUT2D eigenvalue weighted by Gasteiger charge is 2.41. The van der Waals surface area contributed by atoms with E-state index in [9.17, 15) is 39.6 Å². The van der Waals surface area contributed by atoms with Crippen molar-refractivity contribution in [1.29, 1.82) is 0 Å². The molecule has 0 aromatic heterocycles. The zero-order valence-corrected chi connectivity index (χ0v) is 25.7. The molecule has 0 fully saturated rings. The van der Waals surface area contributed by atoms with Crippen molar-refractivity contribution in [3.63, 3.8) is 0 Å². The van der Waals surface area contributed by atoms with Crippen LogP contribution in [0.15, 0.2) is 66.7 Å². The van der Waals surface area contributed by atoms with Gasteiger partial charge in [-0.25, -0.2) is 19.2 Å². The molecule has 3 rings (SSSR count). The number of carboxylic acids is 2. The van der Waals surface area contributed by atoms with Gasteiger partial charge in [0.1, 0.15) is 5.75 Å². The Hall–Kier alpha value is -4.78. The molecule has 3 aromatic rings. The quantitative estimate of drug-likeness (QED) is 0.170. The lowest BCUT2D eigenvalue weighted by molar-refractivity contribution is -0.166. The fraction of sp³-hybridized carbons (Fsp3) is 0.333. The normalized spacial score (nSPS) is 13.0. The number of aromatic hydroxyl groups is 1. The van der Waals surface area contributed by atoms with Crippen LogP contribution >= 0.6 is 0 Å². The van der Waals surface area contributed by atoms with Gasteiger partial charge in [-0.15, -0.1) is 0 Å². The molecule has 0 unspecified atom stereocenters. The minimum Gasteiger partial charge on any atom is -0.508 e. The van der Waals surface area contributed by atoms with Gasteiger partial charge < -0.3 is 40.3 Å². The second-order valence-electron chi connectivity index (χ2n) is 11.3. The van der Waals surface area contributed by atoms with Crippen LogP contribution in [0.2, 0.25) is 0 Å². The number of nitrogens with one attached hydrogen (secondary N) is 1. The first-order chi connectivity index (χ1) is 21.0. The van der Waals surface area contributed by atoms with Gasteiger partial charge in [0, 0.05) is 17.6 Å². The average Bonchev–Trinajstić information content (AvgIpc) is 2.98. The first-order valence-corrected chi connectivity index (χ1v) is 13.9. The van der Waals surface area contributed by atoms with Crippen molar-refractivity contribution in [2.75, 3.05) is 6.54 Å². The highest BCUT2D eigenvalue weighted by Crippen LogP contribution is 2.22. The summed E-state index contributed by atoms with van der Waals surface area (Å²) in [6.07, 6.45) is -5.10. The van der Waals surface area contributed by atoms with Crippen molar-refractivity contribution in [3.05, 3.63) is 100 Å². The summed E-state index contributed by atoms with van der Waals surface area (Å²) in [5.74, 6) is -5.57. The van der Waals surface area contributed by atoms with Gasteiger partial charge in [-0.3, -0.25) is 0 Å². The van der Waals surface area contributed by atoms with Crippen molar-refractivity contribution in [2.24, 2.45) is 0 Å². The van der Waals surface area contributed by atoms with Crippen LogP contribution in [0.25, 0.3) is 0 Å². The van der Waals surface area contributed by atoms with Gasteiger partial charge in [0.25, 0.3) is 0 Å². The predicted octanol–water partition coefficient (Wildman–Crippen LogP) is 3.53. The molecule has 0 amide bonds. The number of aryl methyl sites for hydroxylation is 2. The van der Waals surface area contributed by atoms with E-state index >= 15 is 0 Å². The molecule has 12 heteroatoms. The number of phenols is 1. The third kappa shape index (κ3) is 11.7. The van der Waals surface area contributed by atoms with E-state index in [-0.39, 0.29) is 29.0 Å². The second-order valence-corrected chi connectivity index (χ2v) is 11.3. The number of ether oxygens (including phenoxy) is 2. The largest absolute Gasteiger partial charge is 0.508 e. The summed E-state index contributed by atoms with van der Waals surface area (Å²) in [6, 6.07) is 16.8. The SMILES string of the molecule is CC(C)(C)NC[C@H](O)c1ccc(O)c(CO)c1.Cc1ccc(C(=O)O[C@H](C(=O)O)[C@H](OC(=O)c2ccc(C)cc2)C(=O)O)cc1. The number of esters is 2. The highest BCUT2D eigenvalue weighted by atomic mass is 16.6. The van der Waals surface area contributed by atoms with Crippen LogP contribution < -0.4 is 5.32 Å². The van der Waals surface area contributed by atoms with E-state index in [2.05, 4.69) is 5.32 Å². The second kappa shape index (κ2) is 16.3. The molecular formula is C33H39NO11. The molecular weight excluding hydrogens is 586 g/mol. The van der Waals surface area contributed by atoms with Gasteiger partial charge in [-0.1, -0.05) is 41.5 Å².